The zero-order valence-corrected chi connectivity index (χ0v) is 17.2. The van der Waals surface area contributed by atoms with Crippen molar-refractivity contribution in [2.75, 3.05) is 0 Å². The summed E-state index contributed by atoms with van der Waals surface area (Å²) >= 11 is 1.04. The van der Waals surface area contributed by atoms with Gasteiger partial charge in [0.1, 0.15) is 0 Å². The molecule has 0 unspecified atom stereocenters. The van der Waals surface area contributed by atoms with Gasteiger partial charge in [0.05, 0.1) is 21.7 Å². The molecular formula is C19H18N4O4S2. The lowest BCUT2D eigenvalue weighted by Gasteiger charge is -2.05. The van der Waals surface area contributed by atoms with E-state index >= 15 is 0 Å². The molecule has 0 radical (unpaired) electrons. The van der Waals surface area contributed by atoms with Crippen molar-refractivity contribution in [2.45, 2.75) is 31.3 Å². The number of benzene rings is 2. The number of hydrogen-bond acceptors (Lipinski definition) is 7. The van der Waals surface area contributed by atoms with Crippen LogP contribution in [0.15, 0.2) is 62.7 Å². The molecule has 8 nitrogen and oxygen atoms in total. The molecule has 0 saturated carbocycles. The molecule has 0 bridgehead atoms. The van der Waals surface area contributed by atoms with E-state index in [4.69, 9.17) is 4.52 Å². The van der Waals surface area contributed by atoms with Crippen LogP contribution in [0.3, 0.4) is 0 Å². The van der Waals surface area contributed by atoms with Gasteiger partial charge in [0, 0.05) is 12.1 Å². The number of fused-ring (bicyclic) bond motifs is 1. The van der Waals surface area contributed by atoms with E-state index in [0.717, 1.165) is 28.8 Å². The molecule has 0 aliphatic carbocycles. The van der Waals surface area contributed by atoms with E-state index < -0.39 is 10.0 Å². The van der Waals surface area contributed by atoms with Crippen molar-refractivity contribution in [1.82, 2.24) is 19.4 Å². The summed E-state index contributed by atoms with van der Waals surface area (Å²) in [6.45, 7) is 2.46. The van der Waals surface area contributed by atoms with Gasteiger partial charge in [-0.3, -0.25) is 9.36 Å². The number of nitrogens with zero attached hydrogens (tertiary/aromatic N) is 3. The van der Waals surface area contributed by atoms with Crippen LogP contribution in [0.1, 0.15) is 19.2 Å². The standard InChI is InChI=1S/C19H18N4O4S2/c1-2-10-23-15-9-8-14(11-16(15)28-19(23)24)29(25,26)20-12-17-21-18(22-27-17)13-6-4-3-5-7-13/h3-9,11,20H,2,10,12H2,1H3. The summed E-state index contributed by atoms with van der Waals surface area (Å²) in [5, 5.41) is 3.87. The maximum absolute atomic E-state index is 12.7. The normalized spacial score (nSPS) is 11.9. The highest BCUT2D eigenvalue weighted by molar-refractivity contribution is 7.89. The monoisotopic (exact) mass is 430 g/mol. The molecule has 0 atom stereocenters. The summed E-state index contributed by atoms with van der Waals surface area (Å²) in [5.74, 6) is 0.551. The summed E-state index contributed by atoms with van der Waals surface area (Å²) < 4.78 is 35.2. The minimum absolute atomic E-state index is 0.0812. The molecule has 1 N–H and O–H groups in total. The summed E-state index contributed by atoms with van der Waals surface area (Å²) in [7, 11) is -3.80. The number of aryl methyl sites for hydroxylation is 1. The molecule has 4 aromatic rings. The molecule has 0 saturated heterocycles. The second kappa shape index (κ2) is 7.90. The Kier molecular flexibility index (Phi) is 5.31. The Balaban J connectivity index is 1.53. The summed E-state index contributed by atoms with van der Waals surface area (Å²) in [6, 6.07) is 13.9. The fourth-order valence-electron chi connectivity index (χ4n) is 2.92. The largest absolute Gasteiger partial charge is 0.338 e. The average Bonchev–Trinajstić information content (AvgIpc) is 3.32. The second-order valence-electron chi connectivity index (χ2n) is 6.35. The topological polar surface area (TPSA) is 107 Å². The molecule has 0 spiro atoms. The van der Waals surface area contributed by atoms with E-state index in [1.54, 1.807) is 10.6 Å². The minimum atomic E-state index is -3.80. The third-order valence-corrected chi connectivity index (χ3v) is 6.65. The van der Waals surface area contributed by atoms with Gasteiger partial charge < -0.3 is 4.52 Å². The van der Waals surface area contributed by atoms with Crippen molar-refractivity contribution < 1.29 is 12.9 Å². The Morgan fingerprint density at radius 2 is 1.97 bits per heavy atom. The van der Waals surface area contributed by atoms with E-state index in [2.05, 4.69) is 14.9 Å². The van der Waals surface area contributed by atoms with Crippen LogP contribution in [0, 0.1) is 0 Å². The average molecular weight is 431 g/mol. The summed E-state index contributed by atoms with van der Waals surface area (Å²) in [6.07, 6.45) is 0.822. The second-order valence-corrected chi connectivity index (χ2v) is 9.11. The van der Waals surface area contributed by atoms with E-state index in [-0.39, 0.29) is 22.2 Å². The molecule has 0 aliphatic rings. The Labute approximate surface area is 170 Å². The maximum atomic E-state index is 12.7. The van der Waals surface area contributed by atoms with Crippen LogP contribution in [-0.4, -0.2) is 23.1 Å². The Morgan fingerprint density at radius 3 is 2.72 bits per heavy atom. The Hall–Kier alpha value is -2.82. The molecule has 2 heterocycles. The predicted octanol–water partition coefficient (Wildman–Crippen LogP) is 3.00. The number of thiazole rings is 1. The lowest BCUT2D eigenvalue weighted by atomic mass is 10.2. The lowest BCUT2D eigenvalue weighted by molar-refractivity contribution is 0.376. The molecule has 0 amide bonds. The van der Waals surface area contributed by atoms with Gasteiger partial charge in [0.2, 0.25) is 21.7 Å². The van der Waals surface area contributed by atoms with Gasteiger partial charge in [-0.1, -0.05) is 53.7 Å². The zero-order valence-electron chi connectivity index (χ0n) is 15.5. The highest BCUT2D eigenvalue weighted by Crippen LogP contribution is 2.22. The SMILES string of the molecule is CCCn1c(=O)sc2cc(S(=O)(=O)NCc3nc(-c4ccccc4)no3)ccc21. The van der Waals surface area contributed by atoms with Gasteiger partial charge in [0.25, 0.3) is 0 Å². The smallest absolute Gasteiger partial charge is 0.308 e. The van der Waals surface area contributed by atoms with Gasteiger partial charge in [-0.2, -0.15) is 4.98 Å². The van der Waals surface area contributed by atoms with Crippen molar-refractivity contribution in [3.05, 3.63) is 64.1 Å². The van der Waals surface area contributed by atoms with Crippen molar-refractivity contribution in [1.29, 1.82) is 0 Å². The van der Waals surface area contributed by atoms with Gasteiger partial charge in [0.15, 0.2) is 0 Å². The van der Waals surface area contributed by atoms with Crippen molar-refractivity contribution >= 4 is 31.6 Å². The van der Waals surface area contributed by atoms with Gasteiger partial charge in [-0.25, -0.2) is 13.1 Å². The number of sulfonamides is 1. The molecule has 10 heteroatoms. The van der Waals surface area contributed by atoms with Crippen molar-refractivity contribution in [2.24, 2.45) is 0 Å². The quantitative estimate of drug-likeness (QED) is 0.483. The third kappa shape index (κ3) is 4.00. The van der Waals surface area contributed by atoms with Crippen LogP contribution in [0.25, 0.3) is 21.6 Å². The maximum Gasteiger partial charge on any atom is 0.308 e. The van der Waals surface area contributed by atoms with E-state index in [1.165, 1.54) is 12.1 Å². The van der Waals surface area contributed by atoms with Gasteiger partial charge in [-0.15, -0.1) is 0 Å². The molecular weight excluding hydrogens is 412 g/mol. The van der Waals surface area contributed by atoms with Crippen LogP contribution in [0.4, 0.5) is 0 Å². The van der Waals surface area contributed by atoms with Gasteiger partial charge >= 0.3 is 4.87 Å². The van der Waals surface area contributed by atoms with E-state index in [0.29, 0.717) is 17.1 Å². The molecule has 150 valence electrons. The predicted molar refractivity (Wildman–Crippen MR) is 110 cm³/mol. The lowest BCUT2D eigenvalue weighted by Crippen LogP contribution is -2.23. The minimum Gasteiger partial charge on any atom is -0.338 e. The number of nitrogens with one attached hydrogen (secondary N) is 1. The first-order chi connectivity index (χ1) is 14.0. The summed E-state index contributed by atoms with van der Waals surface area (Å²) in [4.78, 5) is 16.3. The van der Waals surface area contributed by atoms with E-state index in [1.807, 2.05) is 37.3 Å². The van der Waals surface area contributed by atoms with Gasteiger partial charge in [-0.05, 0) is 24.6 Å². The molecule has 0 fully saturated rings. The fraction of sp³-hybridized carbons (Fsp3) is 0.211. The first kappa shape index (κ1) is 19.5. The molecule has 2 aromatic carbocycles. The molecule has 4 rings (SSSR count). The van der Waals surface area contributed by atoms with Crippen LogP contribution >= 0.6 is 11.3 Å². The number of hydrogen-bond donors (Lipinski definition) is 1. The fourth-order valence-corrected chi connectivity index (χ4v) is 4.95. The van der Waals surface area contributed by atoms with Crippen molar-refractivity contribution in [3.63, 3.8) is 0 Å². The summed E-state index contributed by atoms with van der Waals surface area (Å²) in [5.41, 5.74) is 1.52. The number of aromatic nitrogens is 3. The van der Waals surface area contributed by atoms with Crippen LogP contribution in [0.2, 0.25) is 0 Å². The molecule has 0 aliphatic heterocycles. The van der Waals surface area contributed by atoms with Crippen LogP contribution in [-0.2, 0) is 23.1 Å². The molecule has 2 aromatic heterocycles. The highest BCUT2D eigenvalue weighted by atomic mass is 32.2. The first-order valence-corrected chi connectivity index (χ1v) is 11.3. The zero-order chi connectivity index (χ0) is 20.4. The van der Waals surface area contributed by atoms with E-state index in [9.17, 15) is 13.2 Å². The number of rotatable bonds is 7. The van der Waals surface area contributed by atoms with Crippen LogP contribution < -0.4 is 9.60 Å². The Morgan fingerprint density at radius 1 is 1.17 bits per heavy atom. The van der Waals surface area contributed by atoms with Crippen LogP contribution in [0.5, 0.6) is 0 Å². The highest BCUT2D eigenvalue weighted by Gasteiger charge is 2.18. The Bertz CT molecular complexity index is 1310. The molecule has 29 heavy (non-hydrogen) atoms. The first-order valence-electron chi connectivity index (χ1n) is 8.99. The third-order valence-electron chi connectivity index (χ3n) is 4.31. The van der Waals surface area contributed by atoms with Crippen molar-refractivity contribution in [3.8, 4) is 11.4 Å².